The molecule has 1 nitrogen and oxygen atoms in total. The highest BCUT2D eigenvalue weighted by Gasteiger charge is 2.20. The number of aliphatic hydroxyl groups excluding tert-OH is 1. The molecule has 1 fully saturated rings. The van der Waals surface area contributed by atoms with E-state index in [0.29, 0.717) is 5.92 Å². The Hall–Kier alpha value is -1.08. The Balaban J connectivity index is 1.94. The van der Waals surface area contributed by atoms with Gasteiger partial charge in [0.1, 0.15) is 6.10 Å². The van der Waals surface area contributed by atoms with Crippen LogP contribution >= 0.6 is 0 Å². The van der Waals surface area contributed by atoms with Gasteiger partial charge < -0.3 is 5.11 Å². The van der Waals surface area contributed by atoms with Crippen molar-refractivity contribution in [3.8, 4) is 0 Å². The van der Waals surface area contributed by atoms with E-state index in [0.717, 1.165) is 11.1 Å². The summed E-state index contributed by atoms with van der Waals surface area (Å²) in [5.41, 5.74) is 2.02. The first-order valence-corrected chi connectivity index (χ1v) is 9.20. The molecule has 1 heteroatoms. The van der Waals surface area contributed by atoms with Crippen molar-refractivity contribution in [3.05, 3.63) is 48.0 Å². The first-order valence-electron chi connectivity index (χ1n) is 9.20. The molecule has 1 N–H and O–H groups in total. The van der Waals surface area contributed by atoms with Crippen molar-refractivity contribution in [2.45, 2.75) is 76.7 Å². The standard InChI is InChI=1S/C21H32O/c1-18(21(22)20-16-12-9-13-17-20)19-14-10-7-5-3-2-4-6-8-11-15-19/h9,12-13,16-17,19,21-22H,1-8,10-11,14-15H2. The largest absolute Gasteiger partial charge is 0.384 e. The number of hydrogen-bond donors (Lipinski definition) is 1. The first kappa shape index (κ1) is 17.3. The van der Waals surface area contributed by atoms with Gasteiger partial charge in [-0.2, -0.15) is 0 Å². The highest BCUT2D eigenvalue weighted by Crippen LogP contribution is 2.33. The maximum atomic E-state index is 10.6. The van der Waals surface area contributed by atoms with Crippen molar-refractivity contribution in [3.63, 3.8) is 0 Å². The van der Waals surface area contributed by atoms with Gasteiger partial charge in [0.2, 0.25) is 0 Å². The zero-order valence-corrected chi connectivity index (χ0v) is 14.0. The van der Waals surface area contributed by atoms with Gasteiger partial charge in [0.15, 0.2) is 0 Å². The number of rotatable bonds is 3. The molecule has 0 heterocycles. The third-order valence-corrected chi connectivity index (χ3v) is 5.10. The summed E-state index contributed by atoms with van der Waals surface area (Å²) in [4.78, 5) is 0. The molecular formula is C21H32O. The minimum atomic E-state index is -0.501. The van der Waals surface area contributed by atoms with E-state index in [4.69, 9.17) is 0 Å². The molecule has 0 bridgehead atoms. The number of benzene rings is 1. The molecule has 1 unspecified atom stereocenters. The molecule has 0 spiro atoms. The smallest absolute Gasteiger partial charge is 0.100 e. The van der Waals surface area contributed by atoms with E-state index in [-0.39, 0.29) is 0 Å². The van der Waals surface area contributed by atoms with E-state index in [2.05, 4.69) is 6.58 Å². The van der Waals surface area contributed by atoms with E-state index in [1.807, 2.05) is 30.3 Å². The van der Waals surface area contributed by atoms with Crippen molar-refractivity contribution in [2.75, 3.05) is 0 Å². The molecule has 0 amide bonds. The second-order valence-electron chi connectivity index (χ2n) is 6.84. The lowest BCUT2D eigenvalue weighted by Crippen LogP contribution is -2.12. The van der Waals surface area contributed by atoms with Crippen LogP contribution in [0.5, 0.6) is 0 Å². The molecule has 0 aliphatic heterocycles. The molecule has 122 valence electrons. The second kappa shape index (κ2) is 9.84. The average molecular weight is 300 g/mol. The van der Waals surface area contributed by atoms with E-state index in [1.54, 1.807) is 0 Å². The fraction of sp³-hybridized carbons (Fsp3) is 0.619. The Bertz CT molecular complexity index is 411. The summed E-state index contributed by atoms with van der Waals surface area (Å²) in [6.07, 6.45) is 14.1. The lowest BCUT2D eigenvalue weighted by molar-refractivity contribution is 0.196. The SMILES string of the molecule is C=C(C1CCCCCCCCCCC1)C(O)c1ccccc1. The van der Waals surface area contributed by atoms with Gasteiger partial charge in [-0.25, -0.2) is 0 Å². The van der Waals surface area contributed by atoms with Crippen LogP contribution in [0.15, 0.2) is 42.5 Å². The summed E-state index contributed by atoms with van der Waals surface area (Å²) in [5, 5.41) is 10.6. The maximum Gasteiger partial charge on any atom is 0.100 e. The van der Waals surface area contributed by atoms with Crippen molar-refractivity contribution >= 4 is 0 Å². The van der Waals surface area contributed by atoms with Crippen LogP contribution in [0, 0.1) is 5.92 Å². The Morgan fingerprint density at radius 1 is 0.818 bits per heavy atom. The zero-order chi connectivity index (χ0) is 15.6. The van der Waals surface area contributed by atoms with Crippen molar-refractivity contribution in [2.24, 2.45) is 5.92 Å². The van der Waals surface area contributed by atoms with E-state index < -0.39 is 6.10 Å². The number of hydrogen-bond acceptors (Lipinski definition) is 1. The Morgan fingerprint density at radius 3 is 1.77 bits per heavy atom. The zero-order valence-electron chi connectivity index (χ0n) is 14.0. The van der Waals surface area contributed by atoms with E-state index >= 15 is 0 Å². The van der Waals surface area contributed by atoms with Crippen LogP contribution in [-0.4, -0.2) is 5.11 Å². The summed E-state index contributed by atoms with van der Waals surface area (Å²) >= 11 is 0. The van der Waals surface area contributed by atoms with E-state index in [1.165, 1.54) is 70.6 Å². The fourth-order valence-corrected chi connectivity index (χ4v) is 3.61. The predicted molar refractivity (Wildman–Crippen MR) is 94.8 cm³/mol. The van der Waals surface area contributed by atoms with Crippen LogP contribution < -0.4 is 0 Å². The lowest BCUT2D eigenvalue weighted by Gasteiger charge is -2.24. The molecule has 0 radical (unpaired) electrons. The third-order valence-electron chi connectivity index (χ3n) is 5.10. The van der Waals surface area contributed by atoms with Gasteiger partial charge >= 0.3 is 0 Å². The molecule has 22 heavy (non-hydrogen) atoms. The summed E-state index contributed by atoms with van der Waals surface area (Å²) in [6.45, 7) is 4.27. The van der Waals surface area contributed by atoms with Gasteiger partial charge in [-0.3, -0.25) is 0 Å². The molecule has 1 aromatic carbocycles. The summed E-state index contributed by atoms with van der Waals surface area (Å²) in [6, 6.07) is 9.99. The normalized spacial score (nSPS) is 20.6. The molecule has 1 saturated carbocycles. The summed E-state index contributed by atoms with van der Waals surface area (Å²) in [5.74, 6) is 0.481. The minimum absolute atomic E-state index is 0.481. The average Bonchev–Trinajstić information content (AvgIpc) is 2.55. The quantitative estimate of drug-likeness (QED) is 0.659. The molecule has 2 rings (SSSR count). The third kappa shape index (κ3) is 5.61. The molecule has 0 aromatic heterocycles. The molecule has 1 aliphatic carbocycles. The fourth-order valence-electron chi connectivity index (χ4n) is 3.61. The van der Waals surface area contributed by atoms with Gasteiger partial charge in [-0.15, -0.1) is 0 Å². The minimum Gasteiger partial charge on any atom is -0.384 e. The van der Waals surface area contributed by atoms with Crippen LogP contribution in [0.3, 0.4) is 0 Å². The van der Waals surface area contributed by atoms with Crippen LogP contribution in [0.1, 0.15) is 82.3 Å². The van der Waals surface area contributed by atoms with Gasteiger partial charge in [-0.05, 0) is 29.9 Å². The first-order chi connectivity index (χ1) is 10.8. The maximum absolute atomic E-state index is 10.6. The molecule has 1 aliphatic rings. The summed E-state index contributed by atoms with van der Waals surface area (Å²) in [7, 11) is 0. The van der Waals surface area contributed by atoms with Gasteiger partial charge in [0, 0.05) is 0 Å². The molecule has 1 aromatic rings. The monoisotopic (exact) mass is 300 g/mol. The van der Waals surface area contributed by atoms with Gasteiger partial charge in [0.25, 0.3) is 0 Å². The summed E-state index contributed by atoms with van der Waals surface area (Å²) < 4.78 is 0. The highest BCUT2D eigenvalue weighted by molar-refractivity contribution is 5.25. The topological polar surface area (TPSA) is 20.2 Å². The lowest BCUT2D eigenvalue weighted by atomic mass is 9.84. The van der Waals surface area contributed by atoms with Crippen molar-refractivity contribution in [1.29, 1.82) is 0 Å². The Labute approximate surface area is 136 Å². The second-order valence-corrected chi connectivity index (χ2v) is 6.84. The molecule has 1 atom stereocenters. The van der Waals surface area contributed by atoms with E-state index in [9.17, 15) is 5.11 Å². The van der Waals surface area contributed by atoms with Crippen LogP contribution in [0.2, 0.25) is 0 Å². The Morgan fingerprint density at radius 2 is 1.27 bits per heavy atom. The van der Waals surface area contributed by atoms with Crippen LogP contribution in [0.25, 0.3) is 0 Å². The van der Waals surface area contributed by atoms with Gasteiger partial charge in [0.05, 0.1) is 0 Å². The highest BCUT2D eigenvalue weighted by atomic mass is 16.3. The van der Waals surface area contributed by atoms with Crippen molar-refractivity contribution < 1.29 is 5.11 Å². The predicted octanol–water partition coefficient (Wildman–Crippen LogP) is 6.20. The molecule has 0 saturated heterocycles. The van der Waals surface area contributed by atoms with Crippen LogP contribution in [-0.2, 0) is 0 Å². The van der Waals surface area contributed by atoms with Gasteiger partial charge in [-0.1, -0.05) is 94.7 Å². The van der Waals surface area contributed by atoms with Crippen LogP contribution in [0.4, 0.5) is 0 Å². The van der Waals surface area contributed by atoms with Crippen molar-refractivity contribution in [1.82, 2.24) is 0 Å². The number of aliphatic hydroxyl groups is 1. The Kier molecular flexibility index (Phi) is 7.73. The molecular weight excluding hydrogens is 268 g/mol.